The van der Waals surface area contributed by atoms with Crippen molar-refractivity contribution in [2.45, 2.75) is 26.3 Å². The van der Waals surface area contributed by atoms with E-state index in [9.17, 15) is 4.79 Å². The third-order valence-electron chi connectivity index (χ3n) is 2.39. The number of hydrogen-bond acceptors (Lipinski definition) is 1. The maximum Gasteiger partial charge on any atom is 0.407 e. The zero-order valence-corrected chi connectivity index (χ0v) is 6.37. The van der Waals surface area contributed by atoms with E-state index in [0.29, 0.717) is 12.5 Å². The van der Waals surface area contributed by atoms with E-state index in [0.717, 1.165) is 6.42 Å². The van der Waals surface area contributed by atoms with Gasteiger partial charge in [0.25, 0.3) is 0 Å². The normalized spacial score (nSPS) is 32.8. The average molecular weight is 143 g/mol. The molecule has 10 heavy (non-hydrogen) atoms. The van der Waals surface area contributed by atoms with Crippen molar-refractivity contribution in [2.24, 2.45) is 5.92 Å². The van der Waals surface area contributed by atoms with Crippen molar-refractivity contribution >= 4 is 6.09 Å². The predicted octanol–water partition coefficient (Wildman–Crippen LogP) is 1.39. The van der Waals surface area contributed by atoms with Gasteiger partial charge < -0.3 is 10.0 Å². The van der Waals surface area contributed by atoms with Crippen LogP contribution in [0.15, 0.2) is 0 Å². The predicted molar refractivity (Wildman–Crippen MR) is 38.0 cm³/mol. The summed E-state index contributed by atoms with van der Waals surface area (Å²) in [5, 5.41) is 8.63. The van der Waals surface area contributed by atoms with Gasteiger partial charge in [-0.1, -0.05) is 6.92 Å². The highest BCUT2D eigenvalue weighted by molar-refractivity contribution is 5.65. The Bertz CT molecular complexity index is 147. The fourth-order valence-electron chi connectivity index (χ4n) is 1.36. The number of amides is 1. The summed E-state index contributed by atoms with van der Waals surface area (Å²) in [4.78, 5) is 12.0. The van der Waals surface area contributed by atoms with E-state index in [4.69, 9.17) is 5.11 Å². The number of likely N-dealkylation sites (tertiary alicyclic amines) is 1. The van der Waals surface area contributed by atoms with Crippen LogP contribution in [0.2, 0.25) is 0 Å². The first kappa shape index (κ1) is 7.38. The summed E-state index contributed by atoms with van der Waals surface area (Å²) >= 11 is 0. The molecule has 0 aromatic carbocycles. The van der Waals surface area contributed by atoms with Crippen LogP contribution in [-0.4, -0.2) is 28.7 Å². The summed E-state index contributed by atoms with van der Waals surface area (Å²) in [5.74, 6) is 0.524. The molecule has 2 atom stereocenters. The molecule has 1 aliphatic rings. The molecule has 0 aromatic rings. The minimum atomic E-state index is -0.781. The van der Waals surface area contributed by atoms with Crippen LogP contribution in [0.1, 0.15) is 20.3 Å². The first-order valence-corrected chi connectivity index (χ1v) is 3.62. The summed E-state index contributed by atoms with van der Waals surface area (Å²) in [6, 6.07) is 0.206. The Hall–Kier alpha value is -0.730. The summed E-state index contributed by atoms with van der Waals surface area (Å²) < 4.78 is 0. The zero-order valence-electron chi connectivity index (χ0n) is 6.37. The van der Waals surface area contributed by atoms with Gasteiger partial charge in [-0.15, -0.1) is 0 Å². The van der Waals surface area contributed by atoms with Gasteiger partial charge in [-0.05, 0) is 19.3 Å². The Morgan fingerprint density at radius 3 is 2.40 bits per heavy atom. The van der Waals surface area contributed by atoms with Crippen molar-refractivity contribution in [1.82, 2.24) is 4.90 Å². The first-order chi connectivity index (χ1) is 4.63. The number of carboxylic acid groups (broad SMARTS) is 1. The lowest BCUT2D eigenvalue weighted by molar-refractivity contribution is 0.139. The number of hydrogen-bond donors (Lipinski definition) is 1. The van der Waals surface area contributed by atoms with Gasteiger partial charge in [0, 0.05) is 12.6 Å². The maximum atomic E-state index is 10.5. The summed E-state index contributed by atoms with van der Waals surface area (Å²) in [6.07, 6.45) is 0.227. The van der Waals surface area contributed by atoms with E-state index >= 15 is 0 Å². The second-order valence-corrected chi connectivity index (χ2v) is 2.98. The van der Waals surface area contributed by atoms with E-state index in [1.807, 2.05) is 6.92 Å². The molecule has 1 fully saturated rings. The van der Waals surface area contributed by atoms with Crippen LogP contribution in [0.5, 0.6) is 0 Å². The van der Waals surface area contributed by atoms with Crippen molar-refractivity contribution in [1.29, 1.82) is 0 Å². The van der Waals surface area contributed by atoms with Gasteiger partial charge in [0.15, 0.2) is 0 Å². The summed E-state index contributed by atoms with van der Waals surface area (Å²) in [5.41, 5.74) is 0. The second-order valence-electron chi connectivity index (χ2n) is 2.98. The fourth-order valence-corrected chi connectivity index (χ4v) is 1.36. The molecular weight excluding hydrogens is 130 g/mol. The topological polar surface area (TPSA) is 40.5 Å². The molecule has 1 N–H and O–H groups in total. The molecule has 1 amide bonds. The molecule has 3 nitrogen and oxygen atoms in total. The van der Waals surface area contributed by atoms with Gasteiger partial charge in [-0.2, -0.15) is 0 Å². The number of carbonyl (C=O) groups is 1. The molecule has 0 radical (unpaired) electrons. The van der Waals surface area contributed by atoms with Crippen molar-refractivity contribution in [3.63, 3.8) is 0 Å². The monoisotopic (exact) mass is 143 g/mol. The molecule has 0 spiro atoms. The molecule has 3 heteroatoms. The van der Waals surface area contributed by atoms with Crippen LogP contribution in [0.25, 0.3) is 0 Å². The van der Waals surface area contributed by atoms with Crippen LogP contribution in [0.4, 0.5) is 4.79 Å². The quantitative estimate of drug-likeness (QED) is 0.556. The molecule has 58 valence electrons. The molecule has 1 heterocycles. The van der Waals surface area contributed by atoms with Crippen LogP contribution in [0, 0.1) is 5.92 Å². The lowest BCUT2D eigenvalue weighted by Crippen LogP contribution is -2.33. The molecule has 1 rings (SSSR count). The van der Waals surface area contributed by atoms with Crippen LogP contribution in [-0.2, 0) is 0 Å². The molecule has 1 saturated heterocycles. The third-order valence-corrected chi connectivity index (χ3v) is 2.39. The third kappa shape index (κ3) is 1.08. The van der Waals surface area contributed by atoms with Crippen molar-refractivity contribution in [3.8, 4) is 0 Å². The molecule has 0 aromatic heterocycles. The highest BCUT2D eigenvalue weighted by Gasteiger charge is 2.30. The lowest BCUT2D eigenvalue weighted by atomic mass is 10.1. The maximum absolute atomic E-state index is 10.5. The average Bonchev–Trinajstić information content (AvgIpc) is 2.14. The number of nitrogens with zero attached hydrogens (tertiary/aromatic N) is 1. The second kappa shape index (κ2) is 2.48. The van der Waals surface area contributed by atoms with E-state index in [1.54, 1.807) is 0 Å². The summed E-state index contributed by atoms with van der Waals surface area (Å²) in [6.45, 7) is 4.76. The molecule has 0 saturated carbocycles. The Kier molecular flexibility index (Phi) is 1.83. The Morgan fingerprint density at radius 2 is 2.20 bits per heavy atom. The van der Waals surface area contributed by atoms with E-state index in [1.165, 1.54) is 4.90 Å². The Labute approximate surface area is 60.6 Å². The van der Waals surface area contributed by atoms with Crippen molar-refractivity contribution < 1.29 is 9.90 Å². The van der Waals surface area contributed by atoms with E-state index < -0.39 is 6.09 Å². The minimum absolute atomic E-state index is 0.206. The van der Waals surface area contributed by atoms with Gasteiger partial charge in [0.05, 0.1) is 0 Å². The van der Waals surface area contributed by atoms with Gasteiger partial charge in [0.1, 0.15) is 0 Å². The molecular formula is C7H13NO2. The molecule has 0 aliphatic carbocycles. The summed E-state index contributed by atoms with van der Waals surface area (Å²) in [7, 11) is 0. The van der Waals surface area contributed by atoms with Crippen LogP contribution < -0.4 is 0 Å². The smallest absolute Gasteiger partial charge is 0.407 e. The largest absolute Gasteiger partial charge is 0.465 e. The molecule has 1 aliphatic heterocycles. The molecule has 0 bridgehead atoms. The van der Waals surface area contributed by atoms with E-state index in [2.05, 4.69) is 6.92 Å². The van der Waals surface area contributed by atoms with Gasteiger partial charge in [0.2, 0.25) is 0 Å². The first-order valence-electron chi connectivity index (χ1n) is 3.62. The SMILES string of the molecule is CC1CCN(C(=O)O)C1C. The van der Waals surface area contributed by atoms with Gasteiger partial charge >= 0.3 is 6.09 Å². The van der Waals surface area contributed by atoms with Gasteiger partial charge in [-0.25, -0.2) is 4.79 Å². The Balaban J connectivity index is 2.57. The standard InChI is InChI=1S/C7H13NO2/c1-5-3-4-8(6(5)2)7(9)10/h5-6H,3-4H2,1-2H3,(H,9,10). The van der Waals surface area contributed by atoms with Crippen molar-refractivity contribution in [3.05, 3.63) is 0 Å². The number of rotatable bonds is 0. The lowest BCUT2D eigenvalue weighted by Gasteiger charge is -2.19. The fraction of sp³-hybridized carbons (Fsp3) is 0.857. The molecule has 2 unspecified atom stereocenters. The van der Waals surface area contributed by atoms with Crippen LogP contribution in [0.3, 0.4) is 0 Å². The van der Waals surface area contributed by atoms with Crippen LogP contribution >= 0.6 is 0 Å². The minimum Gasteiger partial charge on any atom is -0.465 e. The zero-order chi connectivity index (χ0) is 7.72. The van der Waals surface area contributed by atoms with E-state index in [-0.39, 0.29) is 6.04 Å². The van der Waals surface area contributed by atoms with Gasteiger partial charge in [-0.3, -0.25) is 0 Å². The highest BCUT2D eigenvalue weighted by atomic mass is 16.4. The highest BCUT2D eigenvalue weighted by Crippen LogP contribution is 2.22. The van der Waals surface area contributed by atoms with Crippen molar-refractivity contribution in [2.75, 3.05) is 6.54 Å². The Morgan fingerprint density at radius 1 is 1.60 bits per heavy atom.